The lowest BCUT2D eigenvalue weighted by molar-refractivity contribution is 0.463. The van der Waals surface area contributed by atoms with Gasteiger partial charge in [0.15, 0.2) is 0 Å². The molecule has 0 spiro atoms. The van der Waals surface area contributed by atoms with Gasteiger partial charge in [-0.25, -0.2) is 4.98 Å². The van der Waals surface area contributed by atoms with Gasteiger partial charge in [0.25, 0.3) is 5.88 Å². The molecule has 0 radical (unpaired) electrons. The van der Waals surface area contributed by atoms with Crippen LogP contribution < -0.4 is 10.5 Å². The van der Waals surface area contributed by atoms with Crippen LogP contribution in [0.25, 0.3) is 5.65 Å². The number of hydrogen-bond donors (Lipinski definition) is 1. The van der Waals surface area contributed by atoms with Gasteiger partial charge >= 0.3 is 0 Å². The van der Waals surface area contributed by atoms with Crippen molar-refractivity contribution in [3.05, 3.63) is 46.4 Å². The third kappa shape index (κ3) is 1.99. The second-order valence-corrected chi connectivity index (χ2v) is 4.82. The Morgan fingerprint density at radius 2 is 2.11 bits per heavy atom. The molecule has 6 heteroatoms. The first-order valence-electron chi connectivity index (χ1n) is 5.25. The molecule has 90 valence electrons. The standard InChI is InChI=1S/C12H9IN4O/c13-8-3-1-2-4-9(8)18-12-11-15-5-6-17(11)7-10(14)16-12/h1-7H,14H2. The van der Waals surface area contributed by atoms with Crippen molar-refractivity contribution in [2.75, 3.05) is 5.73 Å². The van der Waals surface area contributed by atoms with Gasteiger partial charge in [-0.1, -0.05) is 12.1 Å². The molecule has 0 unspecified atom stereocenters. The van der Waals surface area contributed by atoms with Crippen molar-refractivity contribution < 1.29 is 4.74 Å². The maximum atomic E-state index is 5.78. The van der Waals surface area contributed by atoms with Gasteiger partial charge in [-0.15, -0.1) is 0 Å². The van der Waals surface area contributed by atoms with Gasteiger partial charge in [-0.05, 0) is 34.7 Å². The molecule has 1 aromatic carbocycles. The highest BCUT2D eigenvalue weighted by Crippen LogP contribution is 2.27. The second-order valence-electron chi connectivity index (χ2n) is 3.66. The Bertz CT molecular complexity index is 710. The van der Waals surface area contributed by atoms with E-state index in [2.05, 4.69) is 32.6 Å². The number of anilines is 1. The Hall–Kier alpha value is -1.83. The van der Waals surface area contributed by atoms with Crippen molar-refractivity contribution in [2.24, 2.45) is 0 Å². The van der Waals surface area contributed by atoms with Crippen LogP contribution in [-0.2, 0) is 0 Å². The highest BCUT2D eigenvalue weighted by molar-refractivity contribution is 14.1. The molecule has 5 nitrogen and oxygen atoms in total. The minimum atomic E-state index is 0.390. The van der Waals surface area contributed by atoms with Crippen molar-refractivity contribution in [3.8, 4) is 11.6 Å². The molecule has 0 aliphatic heterocycles. The van der Waals surface area contributed by atoms with E-state index in [4.69, 9.17) is 10.5 Å². The lowest BCUT2D eigenvalue weighted by atomic mass is 10.3. The number of fused-ring (bicyclic) bond motifs is 1. The zero-order chi connectivity index (χ0) is 12.5. The molecule has 0 bridgehead atoms. The monoisotopic (exact) mass is 352 g/mol. The first-order valence-corrected chi connectivity index (χ1v) is 6.33. The Morgan fingerprint density at radius 3 is 2.94 bits per heavy atom. The largest absolute Gasteiger partial charge is 0.435 e. The number of halogens is 1. The fourth-order valence-electron chi connectivity index (χ4n) is 1.62. The van der Waals surface area contributed by atoms with E-state index < -0.39 is 0 Å². The molecule has 0 saturated carbocycles. The molecule has 3 aromatic rings. The minimum absolute atomic E-state index is 0.390. The van der Waals surface area contributed by atoms with Crippen molar-refractivity contribution in [2.45, 2.75) is 0 Å². The molecule has 0 atom stereocenters. The number of aromatic nitrogens is 3. The molecule has 3 rings (SSSR count). The van der Waals surface area contributed by atoms with E-state index in [0.29, 0.717) is 17.3 Å². The second kappa shape index (κ2) is 4.45. The number of nitrogens with two attached hydrogens (primary N) is 1. The van der Waals surface area contributed by atoms with Crippen LogP contribution in [0.4, 0.5) is 5.82 Å². The molecule has 0 fully saturated rings. The van der Waals surface area contributed by atoms with Crippen LogP contribution in [0.2, 0.25) is 0 Å². The third-order valence-electron chi connectivity index (χ3n) is 2.41. The molecule has 0 aliphatic rings. The zero-order valence-corrected chi connectivity index (χ0v) is 11.4. The van der Waals surface area contributed by atoms with Crippen molar-refractivity contribution in [1.82, 2.24) is 14.4 Å². The van der Waals surface area contributed by atoms with Crippen LogP contribution in [0.5, 0.6) is 11.6 Å². The fourth-order valence-corrected chi connectivity index (χ4v) is 2.12. The quantitative estimate of drug-likeness (QED) is 0.721. The summed E-state index contributed by atoms with van der Waals surface area (Å²) in [6.07, 6.45) is 5.18. The van der Waals surface area contributed by atoms with Crippen LogP contribution in [0.3, 0.4) is 0 Å². The summed E-state index contributed by atoms with van der Waals surface area (Å²) in [5.41, 5.74) is 6.38. The van der Waals surface area contributed by atoms with E-state index in [9.17, 15) is 0 Å². The van der Waals surface area contributed by atoms with E-state index in [-0.39, 0.29) is 0 Å². The molecular formula is C12H9IN4O. The van der Waals surface area contributed by atoms with E-state index >= 15 is 0 Å². The molecule has 0 aliphatic carbocycles. The number of nitrogens with zero attached hydrogens (tertiary/aromatic N) is 3. The van der Waals surface area contributed by atoms with Gasteiger partial charge in [0.05, 0.1) is 9.77 Å². The van der Waals surface area contributed by atoms with Gasteiger partial charge in [0, 0.05) is 12.4 Å². The molecule has 2 aromatic heterocycles. The van der Waals surface area contributed by atoms with Gasteiger partial charge in [-0.2, -0.15) is 4.98 Å². The van der Waals surface area contributed by atoms with Gasteiger partial charge in [0.2, 0.25) is 5.65 Å². The van der Waals surface area contributed by atoms with Gasteiger partial charge < -0.3 is 10.5 Å². The van der Waals surface area contributed by atoms with Gasteiger partial charge in [0.1, 0.15) is 11.6 Å². The summed E-state index contributed by atoms with van der Waals surface area (Å²) in [6.45, 7) is 0. The maximum absolute atomic E-state index is 5.78. The molecule has 0 amide bonds. The molecule has 2 N–H and O–H groups in total. The van der Waals surface area contributed by atoms with Gasteiger partial charge in [-0.3, -0.25) is 4.40 Å². The summed E-state index contributed by atoms with van der Waals surface area (Å²) in [5, 5.41) is 0. The Morgan fingerprint density at radius 1 is 1.28 bits per heavy atom. The topological polar surface area (TPSA) is 65.4 Å². The van der Waals surface area contributed by atoms with Crippen LogP contribution in [0.1, 0.15) is 0 Å². The number of imidazole rings is 1. The fraction of sp³-hybridized carbons (Fsp3) is 0. The molecule has 18 heavy (non-hydrogen) atoms. The Labute approximate surface area is 117 Å². The number of hydrogen-bond acceptors (Lipinski definition) is 4. The highest BCUT2D eigenvalue weighted by Gasteiger charge is 2.10. The first-order chi connectivity index (χ1) is 8.74. The molecular weight excluding hydrogens is 343 g/mol. The zero-order valence-electron chi connectivity index (χ0n) is 9.25. The van der Waals surface area contributed by atoms with E-state index in [0.717, 1.165) is 9.32 Å². The lowest BCUT2D eigenvalue weighted by Crippen LogP contribution is -1.99. The maximum Gasteiger partial charge on any atom is 0.265 e. The Kier molecular flexibility index (Phi) is 2.78. The minimum Gasteiger partial charge on any atom is -0.435 e. The summed E-state index contributed by atoms with van der Waals surface area (Å²) in [6, 6.07) is 7.70. The lowest BCUT2D eigenvalue weighted by Gasteiger charge is -2.08. The number of benzene rings is 1. The average Bonchev–Trinajstić information content (AvgIpc) is 2.80. The van der Waals surface area contributed by atoms with E-state index in [1.54, 1.807) is 23.0 Å². The SMILES string of the molecule is Nc1cn2ccnc2c(Oc2ccccc2I)n1. The van der Waals surface area contributed by atoms with Crippen molar-refractivity contribution in [1.29, 1.82) is 0 Å². The molecule has 2 heterocycles. The Balaban J connectivity index is 2.10. The number of ether oxygens (including phenoxy) is 1. The predicted molar refractivity (Wildman–Crippen MR) is 76.6 cm³/mol. The summed E-state index contributed by atoms with van der Waals surface area (Å²) < 4.78 is 8.57. The smallest absolute Gasteiger partial charge is 0.265 e. The molecule has 0 saturated heterocycles. The summed E-state index contributed by atoms with van der Waals surface area (Å²) in [4.78, 5) is 8.38. The average molecular weight is 352 g/mol. The van der Waals surface area contributed by atoms with Crippen molar-refractivity contribution >= 4 is 34.1 Å². The third-order valence-corrected chi connectivity index (χ3v) is 3.30. The van der Waals surface area contributed by atoms with Crippen LogP contribution >= 0.6 is 22.6 Å². The van der Waals surface area contributed by atoms with Crippen LogP contribution in [-0.4, -0.2) is 14.4 Å². The predicted octanol–water partition coefficient (Wildman–Crippen LogP) is 2.71. The highest BCUT2D eigenvalue weighted by atomic mass is 127. The van der Waals surface area contributed by atoms with Crippen molar-refractivity contribution in [3.63, 3.8) is 0 Å². The van der Waals surface area contributed by atoms with E-state index in [1.807, 2.05) is 24.3 Å². The normalized spacial score (nSPS) is 10.7. The number of para-hydroxylation sites is 1. The number of rotatable bonds is 2. The summed E-state index contributed by atoms with van der Waals surface area (Å²) >= 11 is 2.21. The summed E-state index contributed by atoms with van der Waals surface area (Å²) in [7, 11) is 0. The van der Waals surface area contributed by atoms with Crippen LogP contribution in [0, 0.1) is 3.57 Å². The van der Waals surface area contributed by atoms with Crippen LogP contribution in [0.15, 0.2) is 42.9 Å². The van der Waals surface area contributed by atoms with E-state index in [1.165, 1.54) is 0 Å². The summed E-state index contributed by atoms with van der Waals surface area (Å²) in [5.74, 6) is 1.53. The first kappa shape index (κ1) is 11.3. The number of nitrogen functional groups attached to an aromatic ring is 1.